The molecule has 1 heterocycles. The smallest absolute Gasteiger partial charge is 0.0737 e. The number of aromatic nitrogens is 1. The predicted molar refractivity (Wildman–Crippen MR) is 128 cm³/mol. The first-order valence-electron chi connectivity index (χ1n) is 8.30. The Morgan fingerprint density at radius 2 is 1.70 bits per heavy atom. The van der Waals surface area contributed by atoms with E-state index in [1.165, 1.54) is 25.8 Å². The van der Waals surface area contributed by atoms with Crippen molar-refractivity contribution in [2.75, 3.05) is 32.5 Å². The van der Waals surface area contributed by atoms with Crippen LogP contribution in [0.15, 0.2) is 30.5 Å². The number of halogens is 1. The summed E-state index contributed by atoms with van der Waals surface area (Å²) >= 11 is 6.05. The first kappa shape index (κ1) is 39.3. The van der Waals surface area contributed by atoms with E-state index < -0.39 is 0 Å². The van der Waals surface area contributed by atoms with Crippen LogP contribution in [0.25, 0.3) is 10.9 Å². The molecule has 8 heteroatoms. The third-order valence-corrected chi connectivity index (χ3v) is 4.91. The van der Waals surface area contributed by atoms with Gasteiger partial charge >= 0.3 is 0 Å². The van der Waals surface area contributed by atoms with Crippen LogP contribution in [-0.2, 0) is 21.9 Å². The van der Waals surface area contributed by atoms with Gasteiger partial charge in [0.2, 0.25) is 0 Å². The molecule has 2 atom stereocenters. The molecule has 2 unspecified atom stereocenters. The zero-order chi connectivity index (χ0) is 17.5. The summed E-state index contributed by atoms with van der Waals surface area (Å²) in [6.07, 6.45) is 5.90. The van der Waals surface area contributed by atoms with Crippen molar-refractivity contribution in [3.63, 3.8) is 0 Å². The molecule has 3 rings (SSSR count). The van der Waals surface area contributed by atoms with Crippen molar-refractivity contribution in [3.05, 3.63) is 57.8 Å². The summed E-state index contributed by atoms with van der Waals surface area (Å²) in [5, 5.41) is 5.53. The van der Waals surface area contributed by atoms with E-state index in [0.717, 1.165) is 40.0 Å². The van der Waals surface area contributed by atoms with Gasteiger partial charge in [0, 0.05) is 52.5 Å². The van der Waals surface area contributed by atoms with Gasteiger partial charge in [-0.05, 0) is 63.0 Å². The Labute approximate surface area is 198 Å². The monoisotopic (exact) mass is 482 g/mol. The molecule has 0 spiro atoms. The molecule has 5 N–H and O–H groups in total. The largest absolute Gasteiger partial charge is 0.545 e. The fourth-order valence-corrected chi connectivity index (χ4v) is 3.77. The van der Waals surface area contributed by atoms with Gasteiger partial charge in [-0.1, -0.05) is 18.0 Å². The molecular weight excluding hydrogens is 445 g/mol. The average Bonchev–Trinajstić information content (AvgIpc) is 3.00. The maximum absolute atomic E-state index is 7.75. The zero-order valence-corrected chi connectivity index (χ0v) is 20.6. The molecule has 1 radical (unpaired) electrons. The van der Waals surface area contributed by atoms with Gasteiger partial charge in [0.25, 0.3) is 0 Å². The molecule has 0 aliphatic heterocycles. The number of benzene rings is 1. The van der Waals surface area contributed by atoms with E-state index in [4.69, 9.17) is 16.4 Å². The molecule has 1 aromatic carbocycles. The molecule has 30 heavy (non-hydrogen) atoms. The van der Waals surface area contributed by atoms with E-state index in [1.807, 2.05) is 18.3 Å². The van der Waals surface area contributed by atoms with Gasteiger partial charge in [0.05, 0.1) is 5.52 Å². The summed E-state index contributed by atoms with van der Waals surface area (Å²) < 4.78 is 0. The molecule has 0 amide bonds. The van der Waals surface area contributed by atoms with Crippen molar-refractivity contribution < 1.29 is 32.8 Å². The number of pyridine rings is 1. The summed E-state index contributed by atoms with van der Waals surface area (Å²) in [5.41, 5.74) is 2.12. The number of rotatable bonds is 5. The van der Waals surface area contributed by atoms with Crippen LogP contribution in [0.4, 0.5) is 5.69 Å². The van der Waals surface area contributed by atoms with Crippen molar-refractivity contribution in [3.8, 4) is 0 Å². The Bertz CT molecular complexity index is 677. The standard InChI is InChI=1S/C18H24ClN3.CHO.3CH3.Mn.2H2O/c1-22(2)12-14-5-3-4-13(14)11-21-17-8-9-20-18-10-15(19)6-7-16(17)18;1-2;;;;;;/h6-10,13-14H,3-5,11-12H2,1-2H3,(H,20,21);1H;3*1H3;;2*1H2/q;4*-1;;;. The topological polar surface area (TPSA) is 108 Å². The van der Waals surface area contributed by atoms with Gasteiger partial charge in [-0.2, -0.15) is 0 Å². The quantitative estimate of drug-likeness (QED) is 0.398. The zero-order valence-electron chi connectivity index (χ0n) is 18.7. The number of fused-ring (bicyclic) bond motifs is 1. The van der Waals surface area contributed by atoms with Crippen LogP contribution < -0.4 is 5.32 Å². The minimum absolute atomic E-state index is 0. The molecule has 2 aromatic rings. The Kier molecular flexibility index (Phi) is 25.8. The van der Waals surface area contributed by atoms with E-state index in [-0.39, 0.29) is 50.3 Å². The summed E-state index contributed by atoms with van der Waals surface area (Å²) in [6, 6.07) is 7.97. The van der Waals surface area contributed by atoms with Crippen LogP contribution in [-0.4, -0.2) is 54.8 Å². The maximum atomic E-state index is 7.75. The van der Waals surface area contributed by atoms with Crippen LogP contribution in [0, 0.1) is 34.1 Å². The first-order valence-corrected chi connectivity index (χ1v) is 8.68. The van der Waals surface area contributed by atoms with Crippen LogP contribution in [0.1, 0.15) is 19.3 Å². The van der Waals surface area contributed by atoms with Gasteiger partial charge in [-0.3, -0.25) is 11.8 Å². The molecular formula is C22H38ClMnN3O3-4. The van der Waals surface area contributed by atoms with Crippen molar-refractivity contribution in [2.45, 2.75) is 19.3 Å². The Morgan fingerprint density at radius 1 is 1.10 bits per heavy atom. The number of anilines is 1. The van der Waals surface area contributed by atoms with Crippen molar-refractivity contribution >= 4 is 35.0 Å². The van der Waals surface area contributed by atoms with Gasteiger partial charge in [0.1, 0.15) is 0 Å². The average molecular weight is 483 g/mol. The molecule has 1 aromatic heterocycles. The summed E-state index contributed by atoms with van der Waals surface area (Å²) in [5.74, 6) is 1.57. The third-order valence-electron chi connectivity index (χ3n) is 4.68. The Morgan fingerprint density at radius 3 is 2.30 bits per heavy atom. The number of carbonyl (C=O) groups excluding carboxylic acids is 1. The van der Waals surface area contributed by atoms with Gasteiger partial charge in [0.15, 0.2) is 0 Å². The van der Waals surface area contributed by atoms with Crippen molar-refractivity contribution in [2.24, 2.45) is 11.8 Å². The number of nitrogens with zero attached hydrogens (tertiary/aromatic N) is 2. The van der Waals surface area contributed by atoms with Gasteiger partial charge in [-0.25, -0.2) is 0 Å². The molecule has 0 bridgehead atoms. The molecule has 1 aliphatic rings. The first-order chi connectivity index (χ1) is 11.6. The van der Waals surface area contributed by atoms with E-state index in [2.05, 4.69) is 48.2 Å². The number of hydrogen-bond donors (Lipinski definition) is 1. The van der Waals surface area contributed by atoms with E-state index >= 15 is 0 Å². The summed E-state index contributed by atoms with van der Waals surface area (Å²) in [4.78, 5) is 14.5. The second kappa shape index (κ2) is 19.7. The van der Waals surface area contributed by atoms with Crippen molar-refractivity contribution in [1.29, 1.82) is 0 Å². The molecule has 0 saturated heterocycles. The van der Waals surface area contributed by atoms with E-state index in [0.29, 0.717) is 0 Å². The van der Waals surface area contributed by atoms with Gasteiger partial charge in [-0.15, -0.1) is 0 Å². The fourth-order valence-electron chi connectivity index (χ4n) is 3.61. The van der Waals surface area contributed by atoms with Crippen molar-refractivity contribution in [1.82, 2.24) is 9.88 Å². The molecule has 177 valence electrons. The molecule has 1 aliphatic carbocycles. The summed E-state index contributed by atoms with van der Waals surface area (Å²) in [6.45, 7) is 5.49. The maximum Gasteiger partial charge on any atom is 0.0737 e. The Balaban J connectivity index is -0.000000253. The SMILES string of the molecule is CN(C)CC1CCCC1CNc1ccnc2cc(Cl)ccc12.O.O.[CH-]=O.[CH3-].[CH3-].[CH3-].[Mn]. The normalized spacial score (nSPS) is 16.0. The van der Waals surface area contributed by atoms with Crippen LogP contribution >= 0.6 is 11.6 Å². The number of nitrogens with one attached hydrogen (secondary N) is 1. The Hall–Kier alpha value is -1.21. The van der Waals surface area contributed by atoms with Crippen LogP contribution in [0.5, 0.6) is 0 Å². The third kappa shape index (κ3) is 10.7. The molecule has 6 nitrogen and oxygen atoms in total. The van der Waals surface area contributed by atoms with E-state index in [9.17, 15) is 0 Å². The fraction of sp³-hybridized carbons (Fsp3) is 0.409. The minimum Gasteiger partial charge on any atom is -0.545 e. The molecule has 1 saturated carbocycles. The predicted octanol–water partition coefficient (Wildman–Crippen LogP) is 3.70. The van der Waals surface area contributed by atoms with Crippen LogP contribution in [0.2, 0.25) is 5.02 Å². The van der Waals surface area contributed by atoms with E-state index in [1.54, 1.807) is 0 Å². The van der Waals surface area contributed by atoms with Crippen LogP contribution in [0.3, 0.4) is 0 Å². The van der Waals surface area contributed by atoms with Gasteiger partial charge < -0.3 is 48.2 Å². The second-order valence-corrected chi connectivity index (χ2v) is 7.05. The second-order valence-electron chi connectivity index (χ2n) is 6.61. The number of hydrogen-bond acceptors (Lipinski definition) is 4. The summed E-state index contributed by atoms with van der Waals surface area (Å²) in [7, 11) is 4.34. The minimum atomic E-state index is 0. The molecule has 1 fully saturated rings.